The first-order chi connectivity index (χ1) is 11.3. The molecule has 1 aliphatic carbocycles. The van der Waals surface area contributed by atoms with Crippen LogP contribution in [0.2, 0.25) is 0 Å². The summed E-state index contributed by atoms with van der Waals surface area (Å²) in [5, 5.41) is 0. The van der Waals surface area contributed by atoms with Gasteiger partial charge in [-0.15, -0.1) is 0 Å². The van der Waals surface area contributed by atoms with E-state index in [9.17, 15) is 9.59 Å². The third kappa shape index (κ3) is 3.78. The summed E-state index contributed by atoms with van der Waals surface area (Å²) in [6, 6.07) is 8.04. The number of aliphatic imine (C=N–C) groups is 1. The molecule has 0 N–H and O–H groups in total. The molecule has 1 aliphatic rings. The van der Waals surface area contributed by atoms with E-state index in [2.05, 4.69) is 4.99 Å². The van der Waals surface area contributed by atoms with E-state index in [1.54, 1.807) is 20.8 Å². The predicted octanol–water partition coefficient (Wildman–Crippen LogP) is 5.06. The molecule has 1 aromatic rings. The molecule has 24 heavy (non-hydrogen) atoms. The number of aryl methyl sites for hydroxylation is 1. The number of nitrogens with zero attached hydrogens (tertiary/aromatic N) is 1. The minimum atomic E-state index is 0.00685. The fourth-order valence-corrected chi connectivity index (χ4v) is 2.93. The summed E-state index contributed by atoms with van der Waals surface area (Å²) in [5.74, 6) is 0.0329. The normalized spacial score (nSPS) is 16.3. The van der Waals surface area contributed by atoms with Gasteiger partial charge in [0.25, 0.3) is 0 Å². The van der Waals surface area contributed by atoms with Gasteiger partial charge in [-0.1, -0.05) is 18.2 Å². The van der Waals surface area contributed by atoms with Crippen molar-refractivity contribution in [1.29, 1.82) is 0 Å². The maximum Gasteiger partial charge on any atom is 0.185 e. The largest absolute Gasteiger partial charge is 0.289 e. The molecule has 3 nitrogen and oxygen atoms in total. The molecule has 3 heteroatoms. The van der Waals surface area contributed by atoms with Crippen molar-refractivity contribution in [2.45, 2.75) is 53.9 Å². The van der Waals surface area contributed by atoms with Crippen molar-refractivity contribution in [2.24, 2.45) is 4.99 Å². The quantitative estimate of drug-likeness (QED) is 0.561. The summed E-state index contributed by atoms with van der Waals surface area (Å²) in [7, 11) is 0. The molecule has 0 aromatic heterocycles. The molecule has 2 rings (SSSR count). The molecule has 0 aliphatic heterocycles. The summed E-state index contributed by atoms with van der Waals surface area (Å²) in [4.78, 5) is 29.2. The van der Waals surface area contributed by atoms with E-state index in [1.807, 2.05) is 38.1 Å². The number of rotatable bonds is 5. The average molecular weight is 323 g/mol. The van der Waals surface area contributed by atoms with Gasteiger partial charge < -0.3 is 0 Å². The van der Waals surface area contributed by atoms with Gasteiger partial charge in [0.15, 0.2) is 11.6 Å². The smallest absolute Gasteiger partial charge is 0.185 e. The van der Waals surface area contributed by atoms with Crippen LogP contribution in [0.3, 0.4) is 0 Å². The first kappa shape index (κ1) is 18.1. The summed E-state index contributed by atoms with van der Waals surface area (Å²) < 4.78 is 0. The van der Waals surface area contributed by atoms with Crippen LogP contribution in [0, 0.1) is 6.92 Å². The van der Waals surface area contributed by atoms with Gasteiger partial charge in [0.1, 0.15) is 0 Å². The Bertz CT molecular complexity index is 779. The zero-order valence-corrected chi connectivity index (χ0v) is 15.2. The Hall–Kier alpha value is -2.29. The van der Waals surface area contributed by atoms with Crippen molar-refractivity contribution in [3.63, 3.8) is 0 Å². The van der Waals surface area contributed by atoms with Crippen molar-refractivity contribution in [3.8, 4) is 0 Å². The van der Waals surface area contributed by atoms with Crippen LogP contribution in [-0.2, 0) is 9.59 Å². The van der Waals surface area contributed by atoms with Crippen molar-refractivity contribution < 1.29 is 9.59 Å². The van der Waals surface area contributed by atoms with Crippen LogP contribution in [0.5, 0.6) is 0 Å². The van der Waals surface area contributed by atoms with Gasteiger partial charge in [-0.2, -0.15) is 0 Å². The van der Waals surface area contributed by atoms with E-state index < -0.39 is 0 Å². The zero-order valence-electron chi connectivity index (χ0n) is 15.2. The molecular formula is C21H25NO2. The number of ketones is 2. The number of allylic oxidation sites excluding steroid dienone is 4. The molecule has 0 unspecified atom stereocenters. The van der Waals surface area contributed by atoms with E-state index in [4.69, 9.17) is 0 Å². The van der Waals surface area contributed by atoms with Crippen LogP contribution in [0.15, 0.2) is 51.6 Å². The first-order valence-electron chi connectivity index (χ1n) is 8.39. The molecule has 0 saturated carbocycles. The van der Waals surface area contributed by atoms with Crippen molar-refractivity contribution >= 4 is 23.0 Å². The molecule has 1 aromatic carbocycles. The highest BCUT2D eigenvalue weighted by Crippen LogP contribution is 2.27. The molecule has 126 valence electrons. The number of hydrogen-bond acceptors (Lipinski definition) is 3. The molecule has 0 fully saturated rings. The second-order valence-corrected chi connectivity index (χ2v) is 6.50. The van der Waals surface area contributed by atoms with Crippen LogP contribution >= 0.6 is 0 Å². The highest BCUT2D eigenvalue weighted by atomic mass is 16.1. The van der Waals surface area contributed by atoms with Crippen LogP contribution in [-0.4, -0.2) is 17.3 Å². The number of carbonyl (C=O) groups excluding carboxylic acids is 2. The molecule has 0 saturated heterocycles. The molecule has 0 spiro atoms. The second kappa shape index (κ2) is 7.52. The standard InChI is InChI=1S/C21H25NO2/c1-13-9-6-7-12-19(13)22-14(2)10-8-11-18-17(5)20(23)15(3)16(4)21(18)24/h6-7,9,12H,8,10-11H2,1-5H3. The minimum absolute atomic E-state index is 0.00685. The number of hydrogen-bond donors (Lipinski definition) is 0. The summed E-state index contributed by atoms with van der Waals surface area (Å²) in [6.07, 6.45) is 2.26. The Morgan fingerprint density at radius 3 is 2.21 bits per heavy atom. The van der Waals surface area contributed by atoms with E-state index >= 15 is 0 Å². The molecule has 0 amide bonds. The van der Waals surface area contributed by atoms with Crippen LogP contribution in [0.4, 0.5) is 5.69 Å². The summed E-state index contributed by atoms with van der Waals surface area (Å²) in [6.45, 7) is 9.29. The van der Waals surface area contributed by atoms with Crippen molar-refractivity contribution in [2.75, 3.05) is 0 Å². The molecule has 0 bridgehead atoms. The number of para-hydroxylation sites is 1. The maximum atomic E-state index is 12.4. The van der Waals surface area contributed by atoms with E-state index in [0.29, 0.717) is 28.7 Å². The highest BCUT2D eigenvalue weighted by Gasteiger charge is 2.27. The van der Waals surface area contributed by atoms with Gasteiger partial charge in [0.05, 0.1) is 5.69 Å². The lowest BCUT2D eigenvalue weighted by atomic mass is 9.84. The SMILES string of the molecule is CC(CCCC1=C(C)C(=O)C(C)=C(C)C1=O)=Nc1ccccc1C. The Balaban J connectivity index is 2.03. The first-order valence-corrected chi connectivity index (χ1v) is 8.39. The van der Waals surface area contributed by atoms with Gasteiger partial charge in [-0.25, -0.2) is 0 Å². The van der Waals surface area contributed by atoms with Crippen molar-refractivity contribution in [1.82, 2.24) is 0 Å². The van der Waals surface area contributed by atoms with Gasteiger partial charge in [0, 0.05) is 28.0 Å². The predicted molar refractivity (Wildman–Crippen MR) is 98.9 cm³/mol. The molecule has 0 atom stereocenters. The summed E-state index contributed by atoms with van der Waals surface area (Å²) in [5.41, 5.74) is 5.64. The van der Waals surface area contributed by atoms with E-state index in [-0.39, 0.29) is 11.6 Å². The Morgan fingerprint density at radius 2 is 1.54 bits per heavy atom. The monoisotopic (exact) mass is 323 g/mol. The van der Waals surface area contributed by atoms with Gasteiger partial charge in [-0.3, -0.25) is 14.6 Å². The van der Waals surface area contributed by atoms with E-state index in [1.165, 1.54) is 0 Å². The summed E-state index contributed by atoms with van der Waals surface area (Å²) >= 11 is 0. The molecular weight excluding hydrogens is 298 g/mol. The minimum Gasteiger partial charge on any atom is -0.289 e. The zero-order chi connectivity index (χ0) is 17.9. The van der Waals surface area contributed by atoms with Gasteiger partial charge in [0.2, 0.25) is 0 Å². The van der Waals surface area contributed by atoms with Gasteiger partial charge in [-0.05, 0) is 65.5 Å². The van der Waals surface area contributed by atoms with Crippen LogP contribution < -0.4 is 0 Å². The average Bonchev–Trinajstić information content (AvgIpc) is 2.56. The lowest BCUT2D eigenvalue weighted by Gasteiger charge is -2.18. The lowest BCUT2D eigenvalue weighted by molar-refractivity contribution is -0.116. The topological polar surface area (TPSA) is 46.5 Å². The Morgan fingerprint density at radius 1 is 0.917 bits per heavy atom. The lowest BCUT2D eigenvalue weighted by Crippen LogP contribution is -2.20. The van der Waals surface area contributed by atoms with Crippen LogP contribution in [0.25, 0.3) is 0 Å². The fraction of sp³-hybridized carbons (Fsp3) is 0.381. The maximum absolute atomic E-state index is 12.4. The van der Waals surface area contributed by atoms with E-state index in [0.717, 1.165) is 29.8 Å². The Labute approximate surface area is 144 Å². The number of benzene rings is 1. The number of carbonyl (C=O) groups is 2. The molecule has 0 radical (unpaired) electrons. The van der Waals surface area contributed by atoms with Gasteiger partial charge >= 0.3 is 0 Å². The molecule has 0 heterocycles. The highest BCUT2D eigenvalue weighted by molar-refractivity contribution is 6.24. The third-order valence-electron chi connectivity index (χ3n) is 4.70. The van der Waals surface area contributed by atoms with Crippen LogP contribution in [0.1, 0.15) is 52.5 Å². The third-order valence-corrected chi connectivity index (χ3v) is 4.70. The number of Topliss-reactive ketones (excluding diaryl/α,β-unsaturated/α-hetero) is 2. The van der Waals surface area contributed by atoms with Crippen molar-refractivity contribution in [3.05, 3.63) is 52.1 Å². The second-order valence-electron chi connectivity index (χ2n) is 6.50. The fourth-order valence-electron chi connectivity index (χ4n) is 2.93. The Kier molecular flexibility index (Phi) is 5.66.